The van der Waals surface area contributed by atoms with Gasteiger partial charge < -0.3 is 14.9 Å². The molecule has 5 heteroatoms. The van der Waals surface area contributed by atoms with E-state index in [1.165, 1.54) is 11.9 Å². The summed E-state index contributed by atoms with van der Waals surface area (Å²) in [5, 5.41) is 9.29. The van der Waals surface area contributed by atoms with Crippen molar-refractivity contribution in [1.29, 1.82) is 0 Å². The number of rotatable bonds is 7. The lowest BCUT2D eigenvalue weighted by Gasteiger charge is -2.46. The van der Waals surface area contributed by atoms with Crippen LogP contribution in [0.25, 0.3) is 0 Å². The molecule has 170 valence electrons. The van der Waals surface area contributed by atoms with Crippen LogP contribution in [0.5, 0.6) is 0 Å². The number of aliphatic carboxylic acids is 1. The topological polar surface area (TPSA) is 60.9 Å². The summed E-state index contributed by atoms with van der Waals surface area (Å²) in [6.07, 6.45) is 9.16. The highest BCUT2D eigenvalue weighted by molar-refractivity contribution is 5.95. The SMILES string of the molecule is CN(CC(=O)O)C(=O)C1=CC=CC=CN1C(c1ccccc1)(c1ccccc1)c1ccccc1. The van der Waals surface area contributed by atoms with Gasteiger partial charge in [0.2, 0.25) is 0 Å². The van der Waals surface area contributed by atoms with Gasteiger partial charge >= 0.3 is 5.97 Å². The number of hydrogen-bond acceptors (Lipinski definition) is 3. The fourth-order valence-electron chi connectivity index (χ4n) is 4.40. The first-order valence-corrected chi connectivity index (χ1v) is 11.0. The zero-order valence-corrected chi connectivity index (χ0v) is 18.9. The Bertz CT molecular complexity index is 1140. The van der Waals surface area contributed by atoms with Gasteiger partial charge in [-0.25, -0.2) is 0 Å². The molecule has 3 aromatic rings. The summed E-state index contributed by atoms with van der Waals surface area (Å²) in [6, 6.07) is 30.1. The Morgan fingerprint density at radius 1 is 0.765 bits per heavy atom. The van der Waals surface area contributed by atoms with Gasteiger partial charge in [-0.15, -0.1) is 0 Å². The molecule has 0 atom stereocenters. The van der Waals surface area contributed by atoms with Gasteiger partial charge in [-0.1, -0.05) is 103 Å². The van der Waals surface area contributed by atoms with E-state index in [1.54, 1.807) is 12.2 Å². The third-order valence-electron chi connectivity index (χ3n) is 5.85. The van der Waals surface area contributed by atoms with Crippen molar-refractivity contribution < 1.29 is 14.7 Å². The number of carbonyl (C=O) groups is 2. The standard InChI is InChI=1S/C29H26N2O3/c1-30(22-27(32)33)28(34)26-20-12-5-13-21-31(26)29(23-14-6-2-7-15-23,24-16-8-3-9-17-24)25-18-10-4-11-19-25/h2-21H,22H2,1H3,(H,32,33). The highest BCUT2D eigenvalue weighted by Gasteiger charge is 2.44. The smallest absolute Gasteiger partial charge is 0.323 e. The van der Waals surface area contributed by atoms with Crippen LogP contribution in [-0.2, 0) is 15.1 Å². The Balaban J connectivity index is 2.03. The van der Waals surface area contributed by atoms with Crippen LogP contribution in [0.3, 0.4) is 0 Å². The molecular formula is C29H26N2O3. The number of benzene rings is 3. The van der Waals surface area contributed by atoms with Crippen molar-refractivity contribution in [1.82, 2.24) is 9.80 Å². The number of carbonyl (C=O) groups excluding carboxylic acids is 1. The van der Waals surface area contributed by atoms with Crippen LogP contribution in [0, 0.1) is 0 Å². The highest BCUT2D eigenvalue weighted by atomic mass is 16.4. The number of carboxylic acids is 1. The third-order valence-corrected chi connectivity index (χ3v) is 5.85. The molecule has 0 saturated carbocycles. The van der Waals surface area contributed by atoms with Crippen LogP contribution in [0.2, 0.25) is 0 Å². The molecular weight excluding hydrogens is 424 g/mol. The number of carboxylic acid groups (broad SMARTS) is 1. The van der Waals surface area contributed by atoms with Gasteiger partial charge in [-0.05, 0) is 28.8 Å². The van der Waals surface area contributed by atoms with Crippen molar-refractivity contribution in [3.8, 4) is 0 Å². The number of nitrogens with zero attached hydrogens (tertiary/aromatic N) is 2. The summed E-state index contributed by atoms with van der Waals surface area (Å²) in [5.74, 6) is -1.45. The van der Waals surface area contributed by atoms with Gasteiger partial charge in [0.05, 0.1) is 0 Å². The van der Waals surface area contributed by atoms with Gasteiger partial charge in [0.1, 0.15) is 17.8 Å². The second-order valence-electron chi connectivity index (χ2n) is 8.01. The second-order valence-corrected chi connectivity index (χ2v) is 8.01. The molecule has 1 amide bonds. The minimum absolute atomic E-state index is 0.366. The normalized spacial score (nSPS) is 13.2. The Hall–Kier alpha value is -4.38. The Labute approximate surface area is 199 Å². The number of allylic oxidation sites excluding steroid dienone is 4. The molecule has 1 N–H and O–H groups in total. The molecule has 0 unspecified atom stereocenters. The maximum atomic E-state index is 13.6. The van der Waals surface area contributed by atoms with Gasteiger partial charge in [0.15, 0.2) is 0 Å². The van der Waals surface area contributed by atoms with E-state index in [2.05, 4.69) is 36.4 Å². The van der Waals surface area contributed by atoms with Crippen LogP contribution >= 0.6 is 0 Å². The molecule has 34 heavy (non-hydrogen) atoms. The zero-order chi connectivity index (χ0) is 24.0. The highest BCUT2D eigenvalue weighted by Crippen LogP contribution is 2.45. The van der Waals surface area contributed by atoms with Crippen molar-refractivity contribution in [2.45, 2.75) is 5.54 Å². The first-order valence-electron chi connectivity index (χ1n) is 11.0. The molecule has 0 fully saturated rings. The molecule has 0 bridgehead atoms. The van der Waals surface area contributed by atoms with Gasteiger partial charge in [0.25, 0.3) is 5.91 Å². The Morgan fingerprint density at radius 2 is 1.24 bits per heavy atom. The molecule has 1 aliphatic rings. The summed E-state index contributed by atoms with van der Waals surface area (Å²) in [5.41, 5.74) is 2.39. The average Bonchev–Trinajstić information content (AvgIpc) is 3.12. The van der Waals surface area contributed by atoms with E-state index in [-0.39, 0.29) is 5.91 Å². The fourth-order valence-corrected chi connectivity index (χ4v) is 4.40. The Morgan fingerprint density at radius 3 is 1.68 bits per heavy atom. The van der Waals surface area contributed by atoms with Crippen LogP contribution in [0.15, 0.2) is 127 Å². The molecule has 1 aliphatic heterocycles. The maximum absolute atomic E-state index is 13.6. The van der Waals surface area contributed by atoms with E-state index >= 15 is 0 Å². The summed E-state index contributed by atoms with van der Waals surface area (Å²) in [6.45, 7) is -0.396. The number of likely N-dealkylation sites (N-methyl/N-ethyl adjacent to an activating group) is 1. The quantitative estimate of drug-likeness (QED) is 0.526. The second kappa shape index (κ2) is 10.0. The third kappa shape index (κ3) is 4.28. The van der Waals surface area contributed by atoms with Crippen LogP contribution in [-0.4, -0.2) is 40.4 Å². The zero-order valence-electron chi connectivity index (χ0n) is 18.9. The predicted octanol–water partition coefficient (Wildman–Crippen LogP) is 4.79. The first kappa shape index (κ1) is 22.8. The largest absolute Gasteiger partial charge is 0.480 e. The molecule has 0 aromatic heterocycles. The summed E-state index contributed by atoms with van der Waals surface area (Å²) >= 11 is 0. The number of hydrogen-bond donors (Lipinski definition) is 1. The van der Waals surface area contributed by atoms with Crippen molar-refractivity contribution in [3.05, 3.63) is 144 Å². The van der Waals surface area contributed by atoms with E-state index in [4.69, 9.17) is 0 Å². The summed E-state index contributed by atoms with van der Waals surface area (Å²) < 4.78 is 0. The van der Waals surface area contributed by atoms with E-state index in [9.17, 15) is 14.7 Å². The maximum Gasteiger partial charge on any atom is 0.323 e. The fraction of sp³-hybridized carbons (Fsp3) is 0.103. The van der Waals surface area contributed by atoms with Gasteiger partial charge in [0, 0.05) is 13.2 Å². The number of amides is 1. The van der Waals surface area contributed by atoms with E-state index in [0.717, 1.165) is 16.7 Å². The van der Waals surface area contributed by atoms with Crippen molar-refractivity contribution in [3.63, 3.8) is 0 Å². The molecule has 3 aromatic carbocycles. The Kier molecular flexibility index (Phi) is 6.74. The monoisotopic (exact) mass is 450 g/mol. The molecule has 1 heterocycles. The molecule has 0 radical (unpaired) electrons. The van der Waals surface area contributed by atoms with Crippen molar-refractivity contribution >= 4 is 11.9 Å². The van der Waals surface area contributed by atoms with Gasteiger partial charge in [-0.3, -0.25) is 9.59 Å². The van der Waals surface area contributed by atoms with E-state index in [1.807, 2.05) is 77.8 Å². The minimum atomic E-state index is -1.07. The molecule has 4 rings (SSSR count). The lowest BCUT2D eigenvalue weighted by molar-refractivity contribution is -0.142. The molecule has 0 aliphatic carbocycles. The van der Waals surface area contributed by atoms with Crippen molar-refractivity contribution in [2.75, 3.05) is 13.6 Å². The van der Waals surface area contributed by atoms with Crippen molar-refractivity contribution in [2.24, 2.45) is 0 Å². The van der Waals surface area contributed by atoms with Crippen LogP contribution in [0.1, 0.15) is 16.7 Å². The lowest BCUT2D eigenvalue weighted by Crippen LogP contribution is -2.48. The van der Waals surface area contributed by atoms with E-state index < -0.39 is 18.1 Å². The lowest BCUT2D eigenvalue weighted by atomic mass is 9.75. The summed E-state index contributed by atoms with van der Waals surface area (Å²) in [4.78, 5) is 28.1. The van der Waals surface area contributed by atoms with Crippen LogP contribution < -0.4 is 0 Å². The predicted molar refractivity (Wildman–Crippen MR) is 133 cm³/mol. The van der Waals surface area contributed by atoms with E-state index in [0.29, 0.717) is 5.70 Å². The molecule has 0 saturated heterocycles. The van der Waals surface area contributed by atoms with Gasteiger partial charge in [-0.2, -0.15) is 0 Å². The van der Waals surface area contributed by atoms with Crippen LogP contribution in [0.4, 0.5) is 0 Å². The average molecular weight is 451 g/mol. The minimum Gasteiger partial charge on any atom is -0.480 e. The first-order chi connectivity index (χ1) is 16.5. The molecule has 5 nitrogen and oxygen atoms in total. The summed E-state index contributed by atoms with van der Waals surface area (Å²) in [7, 11) is 1.50. The molecule has 0 spiro atoms.